The highest BCUT2D eigenvalue weighted by atomic mass is 19.1. The molecule has 0 atom stereocenters. The minimum atomic E-state index is -0.710. The average molecular weight is 1720 g/mol. The van der Waals surface area contributed by atoms with Gasteiger partial charge in [0.05, 0.1) is 74.2 Å². The Bertz CT molecular complexity index is 7540. The number of non-ortho nitro benzene ring substituents is 4. The van der Waals surface area contributed by atoms with Crippen molar-refractivity contribution in [3.63, 3.8) is 0 Å². The monoisotopic (exact) mass is 1720 g/mol. The molecular formula is C94H75F5N12O16. The van der Waals surface area contributed by atoms with Crippen LogP contribution in [0.3, 0.4) is 0 Å². The fourth-order valence-corrected chi connectivity index (χ4v) is 15.7. The summed E-state index contributed by atoms with van der Waals surface area (Å²) in [6.45, 7) is 14.0. The number of rotatable bonds is 21. The molecule has 8 heterocycles. The molecule has 0 saturated heterocycles. The Morgan fingerprint density at radius 3 is 0.937 bits per heavy atom. The van der Waals surface area contributed by atoms with Crippen molar-refractivity contribution in [2.24, 2.45) is 0 Å². The van der Waals surface area contributed by atoms with Crippen molar-refractivity contribution in [3.05, 3.63) is 391 Å². The van der Waals surface area contributed by atoms with E-state index < -0.39 is 60.1 Å². The van der Waals surface area contributed by atoms with Gasteiger partial charge in [-0.25, -0.2) is 22.0 Å². The summed E-state index contributed by atoms with van der Waals surface area (Å²) in [5.74, 6) is -4.44. The number of hydrogen-bond acceptors (Lipinski definition) is 16. The third-order valence-corrected chi connectivity index (χ3v) is 21.5. The molecule has 0 unspecified atom stereocenters. The van der Waals surface area contributed by atoms with Gasteiger partial charge in [-0.1, -0.05) is 36.2 Å². The van der Waals surface area contributed by atoms with Crippen molar-refractivity contribution < 1.29 is 60.8 Å². The van der Waals surface area contributed by atoms with Crippen LogP contribution in [-0.2, 0) is 32.6 Å². The highest BCUT2D eigenvalue weighted by Gasteiger charge is 2.31. The summed E-state index contributed by atoms with van der Waals surface area (Å²) in [7, 11) is 0. The molecular weight excluding hydrogens is 1650 g/mol. The number of halogens is 5. The number of nitrogens with one attached hydrogen (secondary N) is 4. The minimum Gasteiger partial charge on any atom is -0.333 e. The fraction of sp³-hybridized carbons (Fsp3) is 0.149. The van der Waals surface area contributed by atoms with E-state index in [9.17, 15) is 101 Å². The topological polar surface area (TPSA) is 392 Å². The van der Waals surface area contributed by atoms with E-state index in [0.717, 1.165) is 89.8 Å². The number of ketones is 4. The molecule has 4 N–H and O–H groups in total. The number of hydrogen-bond donors (Lipinski definition) is 4. The van der Waals surface area contributed by atoms with Crippen molar-refractivity contribution in [1.82, 2.24) is 38.2 Å². The molecule has 8 aromatic heterocycles. The maximum Gasteiger partial charge on any atom is 0.269 e. The summed E-state index contributed by atoms with van der Waals surface area (Å²) < 4.78 is 79.0. The number of H-pyrrole nitrogens is 4. The molecule has 8 aromatic carbocycles. The van der Waals surface area contributed by atoms with Crippen LogP contribution in [0.4, 0.5) is 44.7 Å². The molecule has 0 aliphatic heterocycles. The van der Waals surface area contributed by atoms with Crippen molar-refractivity contribution in [3.8, 4) is 44.5 Å². The summed E-state index contributed by atoms with van der Waals surface area (Å²) >= 11 is 0. The Hall–Kier alpha value is -16.4. The molecule has 0 saturated carbocycles. The van der Waals surface area contributed by atoms with Crippen LogP contribution < -0.4 is 22.2 Å². The first-order chi connectivity index (χ1) is 60.4. The Morgan fingerprint density at radius 2 is 0.638 bits per heavy atom. The second-order valence-electron chi connectivity index (χ2n) is 30.1. The van der Waals surface area contributed by atoms with Crippen LogP contribution >= 0.6 is 0 Å². The highest BCUT2D eigenvalue weighted by molar-refractivity contribution is 6.14. The molecule has 0 aliphatic carbocycles. The SMILES string of the molecule is CC(=O)c1c(-c2ccc(C)[nH]c2=O)c2cc(C)ccc2n1Cc1cc([N+](=O)[O-])ccc1F.CC(=O)c1c(-c2ccc[nH]c2=O)c2cc(C)c(F)cc2n1Cc1cc([N+](=O)[O-])ccc1F.CC(=O)c1c(-c2ccc[nH]c2=O)c2cc(C)ccc2n1Cc1cc([N+](=O)[O-])ccc1F.CCc1ccc2c(c1)c(-c1ccc[nH]c1=O)c(C(C)=O)n2Cc1cc([N+](=O)[O-])ccc1F. The van der Waals surface area contributed by atoms with Crippen LogP contribution in [-0.4, -0.2) is 81.0 Å². The van der Waals surface area contributed by atoms with Gasteiger partial charge < -0.3 is 38.2 Å². The molecule has 28 nitrogen and oxygen atoms in total. The molecule has 0 bridgehead atoms. The molecule has 0 aliphatic rings. The van der Waals surface area contributed by atoms with Crippen LogP contribution in [0.5, 0.6) is 0 Å². The Balaban J connectivity index is 0.000000145. The van der Waals surface area contributed by atoms with E-state index in [0.29, 0.717) is 88.3 Å². The largest absolute Gasteiger partial charge is 0.333 e. The lowest BCUT2D eigenvalue weighted by atomic mass is 10.00. The number of aromatic amines is 4. The van der Waals surface area contributed by atoms with E-state index >= 15 is 0 Å². The number of carbonyl (C=O) groups excluding carboxylic acids is 4. The summed E-state index contributed by atoms with van der Waals surface area (Å²) in [6, 6.07) is 45.6. The molecule has 16 aromatic rings. The standard InChI is InChI=1S/2C24H20FN3O4.C23H17F2N3O4.C23H18FN3O4/c1-13-4-9-21-19(10-13)22(18-7-5-14(2)26-24(18)30)23(15(3)29)27(21)12-16-11-17(28(31)32)6-8-20(16)25;1-3-15-6-9-21-19(11-15)22(18-5-4-10-26-24(18)30)23(14(2)29)27(21)13-16-12-17(28(31)32)7-8-20(16)25;1-12-8-17-20(10-19(12)25)27(11-14-9-15(28(31)32)5-6-18(14)24)22(13(2)29)21(17)16-4-3-7-26-23(16)30;1-13-5-8-20-18(10-13)21(17-4-3-9-25-23(17)29)22(14(2)28)26(20)12-15-11-16(27(30)31)6-7-19(15)24/h4-11H,12H2,1-3H3,(H,26,30);4-12H,3,13H2,1-2H3,(H,26,30);3-10H,11H2,1-2H3,(H,26,30);3-11H,12H2,1-2H3,(H,25,29). The van der Waals surface area contributed by atoms with E-state index in [-0.39, 0.29) is 139 Å². The van der Waals surface area contributed by atoms with Crippen molar-refractivity contribution in [1.29, 1.82) is 0 Å². The lowest BCUT2D eigenvalue weighted by molar-refractivity contribution is -0.385. The van der Waals surface area contributed by atoms with E-state index in [1.807, 2.05) is 63.2 Å². The molecule has 33 heteroatoms. The normalized spacial score (nSPS) is 11.1. The molecule has 0 fully saturated rings. The van der Waals surface area contributed by atoms with Gasteiger partial charge in [-0.15, -0.1) is 0 Å². The zero-order valence-electron chi connectivity index (χ0n) is 69.2. The van der Waals surface area contributed by atoms with Crippen LogP contribution in [0.2, 0.25) is 0 Å². The van der Waals surface area contributed by atoms with Crippen molar-refractivity contribution >= 4 is 89.5 Å². The molecule has 0 radical (unpaired) electrons. The van der Waals surface area contributed by atoms with Crippen molar-refractivity contribution in [2.75, 3.05) is 0 Å². The quantitative estimate of drug-likeness (QED) is 0.0225. The molecule has 127 heavy (non-hydrogen) atoms. The van der Waals surface area contributed by atoms with Crippen LogP contribution in [0.25, 0.3) is 88.1 Å². The first-order valence-electron chi connectivity index (χ1n) is 39.2. The average Bonchev–Trinajstić information content (AvgIpc) is 1.59. The van der Waals surface area contributed by atoms with Crippen molar-refractivity contribution in [2.45, 2.75) is 94.9 Å². The number of nitro groups is 4. The molecule has 16 rings (SSSR count). The predicted molar refractivity (Wildman–Crippen MR) is 469 cm³/mol. The minimum absolute atomic E-state index is 0.0481. The second-order valence-corrected chi connectivity index (χ2v) is 30.1. The van der Waals surface area contributed by atoms with Gasteiger partial charge >= 0.3 is 0 Å². The summed E-state index contributed by atoms with van der Waals surface area (Å²) in [5, 5.41) is 47.1. The zero-order valence-corrected chi connectivity index (χ0v) is 69.2. The third-order valence-electron chi connectivity index (χ3n) is 21.5. The Kier molecular flexibility index (Phi) is 25.3. The number of carbonyl (C=O) groups is 4. The van der Waals surface area contributed by atoms with Gasteiger partial charge in [-0.3, -0.25) is 78.8 Å². The van der Waals surface area contributed by atoms with Crippen LogP contribution in [0.1, 0.15) is 127 Å². The Labute approximate surface area is 715 Å². The number of Topliss-reactive ketones (excluding diaryl/α,β-unsaturated/α-hetero) is 4. The number of nitro benzene ring substituents is 4. The maximum atomic E-state index is 14.6. The number of aryl methyl sites for hydroxylation is 5. The number of nitrogens with zero attached hydrogens (tertiary/aromatic N) is 8. The fourth-order valence-electron chi connectivity index (χ4n) is 15.7. The lowest BCUT2D eigenvalue weighted by Crippen LogP contribution is -2.13. The van der Waals surface area contributed by atoms with Gasteiger partial charge in [0.25, 0.3) is 45.0 Å². The first-order valence-corrected chi connectivity index (χ1v) is 39.2. The maximum absolute atomic E-state index is 14.6. The van der Waals surface area contributed by atoms with E-state index in [4.69, 9.17) is 0 Å². The number of benzene rings is 8. The summed E-state index contributed by atoms with van der Waals surface area (Å²) in [4.78, 5) is 154. The second kappa shape index (κ2) is 36.4. The van der Waals surface area contributed by atoms with Gasteiger partial charge in [0.1, 0.15) is 29.1 Å². The Morgan fingerprint density at radius 1 is 0.339 bits per heavy atom. The third kappa shape index (κ3) is 17.9. The smallest absolute Gasteiger partial charge is 0.269 e. The molecule has 0 spiro atoms. The summed E-state index contributed by atoms with van der Waals surface area (Å²) in [5.41, 5.74) is 7.31. The summed E-state index contributed by atoms with van der Waals surface area (Å²) in [6.07, 6.45) is 5.21. The number of aromatic nitrogens is 8. The van der Waals surface area contributed by atoms with E-state index in [1.165, 1.54) is 75.1 Å². The lowest BCUT2D eigenvalue weighted by Gasteiger charge is -2.11. The van der Waals surface area contributed by atoms with Crippen LogP contribution in [0.15, 0.2) is 226 Å². The van der Waals surface area contributed by atoms with Gasteiger partial charge in [-0.05, 0) is 167 Å². The van der Waals surface area contributed by atoms with Gasteiger partial charge in [0.15, 0.2) is 23.1 Å². The van der Waals surface area contributed by atoms with Gasteiger partial charge in [-0.2, -0.15) is 0 Å². The molecule has 0 amide bonds. The number of fused-ring (bicyclic) bond motifs is 4. The number of pyridine rings is 4. The van der Waals surface area contributed by atoms with Gasteiger partial charge in [0.2, 0.25) is 0 Å². The zero-order chi connectivity index (χ0) is 91.6. The first kappa shape index (κ1) is 88.4. The molecule has 642 valence electrons. The van der Waals surface area contributed by atoms with Gasteiger partial charge in [0, 0.05) is 205 Å². The predicted octanol–water partition coefficient (Wildman–Crippen LogP) is 19.1. The van der Waals surface area contributed by atoms with Crippen LogP contribution in [0, 0.1) is 97.2 Å². The van der Waals surface area contributed by atoms with E-state index in [2.05, 4.69) is 19.9 Å². The highest BCUT2D eigenvalue weighted by Crippen LogP contribution is 2.42. The van der Waals surface area contributed by atoms with E-state index in [1.54, 1.807) is 82.1 Å².